The van der Waals surface area contributed by atoms with Crippen molar-refractivity contribution in [2.45, 2.75) is 12.8 Å². The molecule has 0 radical (unpaired) electrons. The van der Waals surface area contributed by atoms with Crippen LogP contribution in [0.4, 0.5) is 5.69 Å². The largest absolute Gasteiger partial charge is 0.484 e. The Hall–Kier alpha value is -2.68. The van der Waals surface area contributed by atoms with Crippen LogP contribution in [0.25, 0.3) is 0 Å². The van der Waals surface area contributed by atoms with Crippen LogP contribution in [-0.4, -0.2) is 60.2 Å². The number of carboxylic acid groups (broad SMARTS) is 1. The summed E-state index contributed by atoms with van der Waals surface area (Å²) < 4.78 is 10.4. The second-order valence-electron chi connectivity index (χ2n) is 5.98. The Bertz CT molecular complexity index is 660. The first-order valence-electron chi connectivity index (χ1n) is 7.75. The molecule has 1 aliphatic heterocycles. The van der Waals surface area contributed by atoms with E-state index in [2.05, 4.69) is 0 Å². The van der Waals surface area contributed by atoms with Gasteiger partial charge in [-0.3, -0.25) is 19.7 Å². The van der Waals surface area contributed by atoms with Gasteiger partial charge in [0.05, 0.1) is 17.6 Å². The van der Waals surface area contributed by atoms with Crippen molar-refractivity contribution in [2.24, 2.45) is 5.41 Å². The van der Waals surface area contributed by atoms with Crippen molar-refractivity contribution in [3.63, 3.8) is 0 Å². The van der Waals surface area contributed by atoms with Crippen LogP contribution in [0.15, 0.2) is 24.3 Å². The van der Waals surface area contributed by atoms with E-state index in [0.29, 0.717) is 19.4 Å². The van der Waals surface area contributed by atoms with Crippen molar-refractivity contribution in [1.29, 1.82) is 0 Å². The van der Waals surface area contributed by atoms with Crippen molar-refractivity contribution >= 4 is 17.6 Å². The van der Waals surface area contributed by atoms with E-state index in [-0.39, 0.29) is 37.1 Å². The molecule has 0 saturated carbocycles. The third-order valence-corrected chi connectivity index (χ3v) is 4.19. The summed E-state index contributed by atoms with van der Waals surface area (Å²) in [5.74, 6) is -1.15. The van der Waals surface area contributed by atoms with Gasteiger partial charge < -0.3 is 19.5 Å². The molecule has 0 spiro atoms. The number of amides is 1. The Labute approximate surface area is 144 Å². The number of nitrogens with zero attached hydrogens (tertiary/aromatic N) is 2. The highest BCUT2D eigenvalue weighted by atomic mass is 16.6. The van der Waals surface area contributed by atoms with E-state index >= 15 is 0 Å². The summed E-state index contributed by atoms with van der Waals surface area (Å²) in [7, 11) is 1.43. The van der Waals surface area contributed by atoms with Crippen molar-refractivity contribution in [2.75, 3.05) is 33.4 Å². The number of benzene rings is 1. The number of rotatable bonds is 7. The van der Waals surface area contributed by atoms with Crippen molar-refractivity contribution < 1.29 is 29.1 Å². The third-order valence-electron chi connectivity index (χ3n) is 4.19. The summed E-state index contributed by atoms with van der Waals surface area (Å²) in [6, 6.07) is 5.54. The normalized spacial score (nSPS) is 20.1. The van der Waals surface area contributed by atoms with Gasteiger partial charge in [-0.05, 0) is 18.9 Å². The predicted octanol–water partition coefficient (Wildman–Crippen LogP) is 1.31. The van der Waals surface area contributed by atoms with E-state index in [1.807, 2.05) is 0 Å². The van der Waals surface area contributed by atoms with E-state index in [4.69, 9.17) is 9.47 Å². The van der Waals surface area contributed by atoms with Crippen LogP contribution in [-0.2, 0) is 14.3 Å². The molecule has 1 N–H and O–H groups in total. The summed E-state index contributed by atoms with van der Waals surface area (Å²) in [5, 5.41) is 20.2. The number of nitro benzene ring substituents is 1. The van der Waals surface area contributed by atoms with Gasteiger partial charge in [-0.1, -0.05) is 6.07 Å². The quantitative estimate of drug-likeness (QED) is 0.580. The average Bonchev–Trinajstić information content (AvgIpc) is 2.60. The summed E-state index contributed by atoms with van der Waals surface area (Å²) in [6.07, 6.45) is 0.990. The second kappa shape index (κ2) is 7.93. The Balaban J connectivity index is 1.99. The van der Waals surface area contributed by atoms with Crippen LogP contribution in [0.3, 0.4) is 0 Å². The Morgan fingerprint density at radius 2 is 2.20 bits per heavy atom. The minimum absolute atomic E-state index is 0.0256. The molecule has 1 aromatic carbocycles. The zero-order valence-electron chi connectivity index (χ0n) is 13.8. The van der Waals surface area contributed by atoms with Gasteiger partial charge in [0.1, 0.15) is 11.2 Å². The molecule has 1 unspecified atom stereocenters. The van der Waals surface area contributed by atoms with Gasteiger partial charge in [-0.2, -0.15) is 0 Å². The predicted molar refractivity (Wildman–Crippen MR) is 86.4 cm³/mol. The second-order valence-corrected chi connectivity index (χ2v) is 5.98. The third kappa shape index (κ3) is 4.44. The van der Waals surface area contributed by atoms with Gasteiger partial charge in [0.2, 0.25) is 0 Å². The van der Waals surface area contributed by atoms with E-state index in [1.165, 1.54) is 36.3 Å². The molecule has 1 amide bonds. The summed E-state index contributed by atoms with van der Waals surface area (Å²) >= 11 is 0. The maximum absolute atomic E-state index is 12.3. The summed E-state index contributed by atoms with van der Waals surface area (Å²) in [5.41, 5.74) is -1.25. The number of methoxy groups -OCH3 is 1. The smallest absolute Gasteiger partial charge is 0.313 e. The van der Waals surface area contributed by atoms with Crippen LogP contribution in [0.2, 0.25) is 0 Å². The van der Waals surface area contributed by atoms with Crippen LogP contribution >= 0.6 is 0 Å². The van der Waals surface area contributed by atoms with E-state index in [1.54, 1.807) is 0 Å². The standard InChI is InChI=1S/C16H20N2O7/c1-24-11-16(15(20)21)6-3-7-17(10-16)14(19)9-25-13-5-2-4-12(8-13)18(22)23/h2,4-5,8H,3,6-7,9-11H2,1H3,(H,20,21). The van der Waals surface area contributed by atoms with E-state index in [0.717, 1.165) is 0 Å². The number of piperidine rings is 1. The molecule has 0 aromatic heterocycles. The van der Waals surface area contributed by atoms with E-state index in [9.17, 15) is 24.8 Å². The SMILES string of the molecule is COCC1(C(=O)O)CCCN(C(=O)COc2cccc([N+](=O)[O-])c2)C1. The molecule has 1 heterocycles. The van der Waals surface area contributed by atoms with Gasteiger partial charge in [0.25, 0.3) is 11.6 Å². The highest BCUT2D eigenvalue weighted by Gasteiger charge is 2.43. The molecular formula is C16H20N2O7. The molecule has 0 bridgehead atoms. The fraction of sp³-hybridized carbons (Fsp3) is 0.500. The Kier molecular flexibility index (Phi) is 5.92. The molecule has 1 aromatic rings. The minimum Gasteiger partial charge on any atom is -0.484 e. The molecule has 1 atom stereocenters. The lowest BCUT2D eigenvalue weighted by atomic mass is 9.80. The summed E-state index contributed by atoms with van der Waals surface area (Å²) in [4.78, 5) is 35.6. The molecule has 2 rings (SSSR count). The number of nitro groups is 1. The number of non-ortho nitro benzene ring substituents is 1. The number of carbonyl (C=O) groups excluding carboxylic acids is 1. The first-order valence-corrected chi connectivity index (χ1v) is 7.75. The molecule has 9 nitrogen and oxygen atoms in total. The van der Waals surface area contributed by atoms with Crippen LogP contribution in [0, 0.1) is 15.5 Å². The number of carbonyl (C=O) groups is 2. The topological polar surface area (TPSA) is 119 Å². The molecule has 9 heteroatoms. The average molecular weight is 352 g/mol. The van der Waals surface area contributed by atoms with Crippen molar-refractivity contribution in [1.82, 2.24) is 4.90 Å². The zero-order valence-corrected chi connectivity index (χ0v) is 13.8. The lowest BCUT2D eigenvalue weighted by Gasteiger charge is -2.39. The Morgan fingerprint density at radius 3 is 2.84 bits per heavy atom. The van der Waals surface area contributed by atoms with Crippen molar-refractivity contribution in [3.8, 4) is 5.75 Å². The first kappa shape index (κ1) is 18.7. The van der Waals surface area contributed by atoms with Gasteiger partial charge in [-0.15, -0.1) is 0 Å². The molecule has 136 valence electrons. The number of aliphatic carboxylic acids is 1. The van der Waals surface area contributed by atoms with Crippen LogP contribution in [0.5, 0.6) is 5.75 Å². The first-order chi connectivity index (χ1) is 11.9. The monoisotopic (exact) mass is 352 g/mol. The van der Waals surface area contributed by atoms with Crippen molar-refractivity contribution in [3.05, 3.63) is 34.4 Å². The molecule has 1 fully saturated rings. The number of hydrogen-bond acceptors (Lipinski definition) is 6. The number of likely N-dealkylation sites (tertiary alicyclic amines) is 1. The van der Waals surface area contributed by atoms with Gasteiger partial charge in [-0.25, -0.2) is 0 Å². The molecular weight excluding hydrogens is 332 g/mol. The number of hydrogen-bond donors (Lipinski definition) is 1. The zero-order chi connectivity index (χ0) is 18.4. The molecule has 1 aliphatic rings. The van der Waals surface area contributed by atoms with Gasteiger partial charge in [0.15, 0.2) is 6.61 Å². The van der Waals surface area contributed by atoms with Crippen LogP contribution < -0.4 is 4.74 Å². The number of ether oxygens (including phenoxy) is 2. The molecule has 0 aliphatic carbocycles. The van der Waals surface area contributed by atoms with Gasteiger partial charge in [0, 0.05) is 26.3 Å². The fourth-order valence-electron chi connectivity index (χ4n) is 2.90. The highest BCUT2D eigenvalue weighted by molar-refractivity contribution is 5.80. The molecule has 1 saturated heterocycles. The fourth-order valence-corrected chi connectivity index (χ4v) is 2.90. The maximum Gasteiger partial charge on any atom is 0.313 e. The lowest BCUT2D eigenvalue weighted by molar-refractivity contribution is -0.384. The number of carboxylic acids is 1. The summed E-state index contributed by atoms with van der Waals surface area (Å²) in [6.45, 7) is 0.199. The molecule has 25 heavy (non-hydrogen) atoms. The highest BCUT2D eigenvalue weighted by Crippen LogP contribution is 2.31. The van der Waals surface area contributed by atoms with Crippen LogP contribution in [0.1, 0.15) is 12.8 Å². The lowest BCUT2D eigenvalue weighted by Crippen LogP contribution is -2.53. The Morgan fingerprint density at radius 1 is 1.44 bits per heavy atom. The van der Waals surface area contributed by atoms with Gasteiger partial charge >= 0.3 is 5.97 Å². The van der Waals surface area contributed by atoms with E-state index < -0.39 is 16.3 Å². The minimum atomic E-state index is -1.12. The maximum atomic E-state index is 12.3.